The smallest absolute Gasteiger partial charge is 0.0246 e. The van der Waals surface area contributed by atoms with Crippen molar-refractivity contribution in [1.82, 2.24) is 9.97 Å². The molecule has 0 fully saturated rings. The largest absolute Gasteiger partial charge is 0.305 e. The van der Waals surface area contributed by atoms with Gasteiger partial charge in [-0.25, -0.2) is 0 Å². The quantitative estimate of drug-likeness (QED) is 0.127. The summed E-state index contributed by atoms with van der Waals surface area (Å²) in [5, 5.41) is 5.08. The van der Waals surface area contributed by atoms with Gasteiger partial charge >= 0.3 is 99.8 Å². The Morgan fingerprint density at radius 3 is 2.15 bits per heavy atom. The molecule has 255 valence electrons. The number of fused-ring (bicyclic) bond motifs is 4. The van der Waals surface area contributed by atoms with E-state index in [1.54, 1.807) is 11.3 Å². The summed E-state index contributed by atoms with van der Waals surface area (Å²) in [5.41, 5.74) is 8.92. The first-order valence-corrected chi connectivity index (χ1v) is 25.4. The summed E-state index contributed by atoms with van der Waals surface area (Å²) in [5.74, 6) is 7.14. The molecule has 0 unspecified atom stereocenters. The van der Waals surface area contributed by atoms with Crippen LogP contribution < -0.4 is 4.40 Å². The van der Waals surface area contributed by atoms with Crippen LogP contribution in [-0.4, -0.2) is 23.2 Å². The Morgan fingerprint density at radius 2 is 1.37 bits per heavy atom. The van der Waals surface area contributed by atoms with E-state index < -0.39 is 13.3 Å². The van der Waals surface area contributed by atoms with E-state index in [-0.39, 0.29) is 20.1 Å². The van der Waals surface area contributed by atoms with Gasteiger partial charge in [0.25, 0.3) is 0 Å². The average molecular weight is 926 g/mol. The van der Waals surface area contributed by atoms with Gasteiger partial charge < -0.3 is 4.98 Å². The van der Waals surface area contributed by atoms with Gasteiger partial charge in [-0.1, -0.05) is 96.4 Å². The molecule has 5 heteroatoms. The Hall–Kier alpha value is -4.71. The Bertz CT molecular complexity index is 2610. The van der Waals surface area contributed by atoms with E-state index in [1.807, 2.05) is 42.7 Å². The monoisotopic (exact) mass is 927 g/mol. The standard InChI is InChI=1S/C33H20NS.C14H16GeN.Ir/c1-2-7-22(8-3-1)24-17-18-34-31(20-24)26-13-15-29-30-19-25(14-16-32(30)35-33(29)21-26)28-12-6-10-23-9-4-5-11-27(23)28;1-15(2,3)13-9-10-14(16-11-13)12-7-5-4-6-8-12;/h1-20H;4-7,9-11H,1-3H3;/q2*-1;. The van der Waals surface area contributed by atoms with Crippen molar-refractivity contribution < 1.29 is 20.1 Å². The van der Waals surface area contributed by atoms with Crippen molar-refractivity contribution in [2.24, 2.45) is 0 Å². The van der Waals surface area contributed by atoms with Crippen LogP contribution in [0, 0.1) is 12.1 Å². The second-order valence-electron chi connectivity index (χ2n) is 13.7. The maximum absolute atomic E-state index is 4.65. The van der Waals surface area contributed by atoms with Crippen molar-refractivity contribution in [3.8, 4) is 44.8 Å². The number of hydrogen-bond donors (Lipinski definition) is 0. The van der Waals surface area contributed by atoms with E-state index in [0.29, 0.717) is 0 Å². The molecule has 0 atom stereocenters. The summed E-state index contributed by atoms with van der Waals surface area (Å²) in [4.78, 5) is 9.18. The Kier molecular flexibility index (Phi) is 10.6. The number of pyridine rings is 2. The number of thiophene rings is 1. The second kappa shape index (κ2) is 15.5. The zero-order valence-corrected chi connectivity index (χ0v) is 34.5. The molecule has 0 amide bonds. The molecule has 0 spiro atoms. The first kappa shape index (κ1) is 35.7. The number of hydrogen-bond acceptors (Lipinski definition) is 3. The molecule has 0 saturated heterocycles. The number of benzene rings is 6. The molecular formula is C47H36GeIrN2S-2. The van der Waals surface area contributed by atoms with Crippen molar-refractivity contribution in [3.05, 3.63) is 176 Å². The number of rotatable bonds is 5. The van der Waals surface area contributed by atoms with Crippen LogP contribution in [0.4, 0.5) is 0 Å². The molecule has 0 aliphatic heterocycles. The molecule has 9 aromatic rings. The topological polar surface area (TPSA) is 25.8 Å². The maximum Gasteiger partial charge on any atom is 0.0246 e. The van der Waals surface area contributed by atoms with Crippen LogP contribution in [0.15, 0.2) is 164 Å². The van der Waals surface area contributed by atoms with Gasteiger partial charge in [0.05, 0.1) is 0 Å². The predicted octanol–water partition coefficient (Wildman–Crippen LogP) is 12.5. The summed E-state index contributed by atoms with van der Waals surface area (Å²) < 4.78 is 3.89. The van der Waals surface area contributed by atoms with E-state index in [1.165, 1.54) is 57.6 Å². The molecule has 0 saturated carbocycles. The zero-order valence-electron chi connectivity index (χ0n) is 29.2. The number of nitrogens with zero attached hydrogens (tertiary/aromatic N) is 2. The molecule has 0 aliphatic rings. The summed E-state index contributed by atoms with van der Waals surface area (Å²) in [6.07, 6.45) is 3.92. The molecule has 0 bridgehead atoms. The normalized spacial score (nSPS) is 11.2. The second-order valence-corrected chi connectivity index (χ2v) is 25.4. The van der Waals surface area contributed by atoms with E-state index in [2.05, 4.69) is 161 Å². The molecule has 0 N–H and O–H groups in total. The van der Waals surface area contributed by atoms with Crippen LogP contribution >= 0.6 is 11.3 Å². The van der Waals surface area contributed by atoms with Crippen LogP contribution in [0.5, 0.6) is 0 Å². The Balaban J connectivity index is 0.000000209. The predicted molar refractivity (Wildman–Crippen MR) is 221 cm³/mol. The molecule has 1 radical (unpaired) electrons. The summed E-state index contributed by atoms with van der Waals surface area (Å²) in [6.45, 7) is 0. The fourth-order valence-electron chi connectivity index (χ4n) is 6.44. The van der Waals surface area contributed by atoms with Crippen LogP contribution in [0.25, 0.3) is 75.7 Å². The minimum atomic E-state index is -1.72. The summed E-state index contributed by atoms with van der Waals surface area (Å²) >= 11 is 0.0794. The first-order valence-electron chi connectivity index (χ1n) is 17.2. The van der Waals surface area contributed by atoms with Gasteiger partial charge in [-0.2, -0.15) is 11.3 Å². The van der Waals surface area contributed by atoms with Crippen LogP contribution in [0.1, 0.15) is 0 Å². The van der Waals surface area contributed by atoms with Gasteiger partial charge in [-0.05, 0) is 60.9 Å². The van der Waals surface area contributed by atoms with E-state index in [4.69, 9.17) is 0 Å². The molecule has 52 heavy (non-hydrogen) atoms. The SMILES string of the molecule is [CH3][Ge]([CH3])([CH3])[c]1ccc(-c2[c-]cccc2)nc1.[Ir].[c-]1c(-c2cc(-c3ccccc3)ccn2)ccc2c1sc1ccc(-c3cccc4ccccc34)cc12. The van der Waals surface area contributed by atoms with Crippen LogP contribution in [0.3, 0.4) is 0 Å². The van der Waals surface area contributed by atoms with Crippen molar-refractivity contribution in [1.29, 1.82) is 0 Å². The van der Waals surface area contributed by atoms with Crippen molar-refractivity contribution >= 4 is 59.9 Å². The van der Waals surface area contributed by atoms with E-state index in [9.17, 15) is 0 Å². The summed E-state index contributed by atoms with van der Waals surface area (Å²) in [7, 11) is 0. The number of aromatic nitrogens is 2. The van der Waals surface area contributed by atoms with Gasteiger partial charge in [0.15, 0.2) is 0 Å². The van der Waals surface area contributed by atoms with Gasteiger partial charge in [0.2, 0.25) is 0 Å². The Labute approximate surface area is 326 Å². The molecule has 3 heterocycles. The van der Waals surface area contributed by atoms with Crippen molar-refractivity contribution in [2.45, 2.75) is 17.3 Å². The zero-order chi connectivity index (χ0) is 34.8. The fourth-order valence-corrected chi connectivity index (χ4v) is 9.69. The third-order valence-corrected chi connectivity index (χ3v) is 14.6. The minimum Gasteiger partial charge on any atom is -0.305 e. The van der Waals surface area contributed by atoms with Crippen LogP contribution in [-0.2, 0) is 20.1 Å². The van der Waals surface area contributed by atoms with Gasteiger partial charge in [0, 0.05) is 31.0 Å². The molecular weight excluding hydrogens is 889 g/mol. The van der Waals surface area contributed by atoms with Crippen molar-refractivity contribution in [2.75, 3.05) is 0 Å². The molecule has 6 aromatic carbocycles. The van der Waals surface area contributed by atoms with Gasteiger partial charge in [-0.15, -0.1) is 23.8 Å². The third-order valence-electron chi connectivity index (χ3n) is 9.25. The average Bonchev–Trinajstić information content (AvgIpc) is 3.56. The minimum absolute atomic E-state index is 0. The summed E-state index contributed by atoms with van der Waals surface area (Å²) in [6, 6.07) is 60.1. The fraction of sp³-hybridized carbons (Fsp3) is 0.0638. The molecule has 3 aromatic heterocycles. The molecule has 9 rings (SSSR count). The van der Waals surface area contributed by atoms with E-state index in [0.717, 1.165) is 22.5 Å². The van der Waals surface area contributed by atoms with Gasteiger partial charge in [0.1, 0.15) is 0 Å². The first-order chi connectivity index (χ1) is 24.9. The van der Waals surface area contributed by atoms with Crippen molar-refractivity contribution in [3.63, 3.8) is 0 Å². The van der Waals surface area contributed by atoms with E-state index >= 15 is 0 Å². The Morgan fingerprint density at radius 1 is 0.558 bits per heavy atom. The molecule has 2 nitrogen and oxygen atoms in total. The maximum atomic E-state index is 4.65. The third kappa shape index (κ3) is 7.58. The molecule has 0 aliphatic carbocycles. The van der Waals surface area contributed by atoms with Crippen LogP contribution in [0.2, 0.25) is 17.3 Å². The van der Waals surface area contributed by atoms with Gasteiger partial charge in [-0.3, -0.25) is 0 Å².